The fourth-order valence-corrected chi connectivity index (χ4v) is 4.50. The topological polar surface area (TPSA) is 164 Å². The predicted molar refractivity (Wildman–Crippen MR) is 152 cm³/mol. The quantitative estimate of drug-likeness (QED) is 0.0918. The normalized spacial score (nSPS) is 15.1. The van der Waals surface area contributed by atoms with Crippen LogP contribution in [0, 0.1) is 5.41 Å². The van der Waals surface area contributed by atoms with Gasteiger partial charge in [-0.3, -0.25) is 15.0 Å². The third-order valence-corrected chi connectivity index (χ3v) is 6.83. The molecule has 10 heteroatoms. The molecule has 1 saturated heterocycles. The molecular weight excluding hydrogens is 512 g/mol. The number of piperidine rings is 1. The fraction of sp³-hybridized carbons (Fsp3) is 0.467. The molecule has 216 valence electrons. The number of Topliss-reactive ketones (excluding diaryl/α,β-unsaturated/α-hetero) is 1. The summed E-state index contributed by atoms with van der Waals surface area (Å²) in [6.07, 6.45) is 3.59. The van der Waals surface area contributed by atoms with Gasteiger partial charge in [-0.25, -0.2) is 4.79 Å². The monoisotopic (exact) mass is 552 g/mol. The van der Waals surface area contributed by atoms with Crippen molar-refractivity contribution in [1.29, 1.82) is 5.41 Å². The number of nitrogen functional groups attached to an aromatic ring is 1. The maximum Gasteiger partial charge on any atom is 0.340 e. The highest BCUT2D eigenvalue weighted by atomic mass is 16.5. The second kappa shape index (κ2) is 15.7. The Morgan fingerprint density at radius 3 is 2.27 bits per heavy atom. The van der Waals surface area contributed by atoms with Gasteiger partial charge in [0.2, 0.25) is 6.10 Å². The zero-order chi connectivity index (χ0) is 28.9. The molecule has 2 aromatic rings. The lowest BCUT2D eigenvalue weighted by Crippen LogP contribution is -2.51. The minimum Gasteiger partial charge on any atom is -0.494 e. The molecule has 1 amide bonds. The molecular formula is C30H40N4O6. The zero-order valence-electron chi connectivity index (χ0n) is 23.0. The maximum atomic E-state index is 13.6. The first-order valence-corrected chi connectivity index (χ1v) is 13.9. The van der Waals surface area contributed by atoms with Gasteiger partial charge >= 0.3 is 5.97 Å². The van der Waals surface area contributed by atoms with Gasteiger partial charge in [-0.1, -0.05) is 50.5 Å². The van der Waals surface area contributed by atoms with E-state index in [1.807, 2.05) is 0 Å². The van der Waals surface area contributed by atoms with Crippen molar-refractivity contribution in [2.75, 3.05) is 19.7 Å². The highest BCUT2D eigenvalue weighted by molar-refractivity contribution is 6.06. The van der Waals surface area contributed by atoms with E-state index in [0.717, 1.165) is 24.8 Å². The first-order valence-electron chi connectivity index (χ1n) is 13.9. The summed E-state index contributed by atoms with van der Waals surface area (Å²) in [4.78, 5) is 38.8. The molecule has 1 heterocycles. The third kappa shape index (κ3) is 9.46. The Morgan fingerprint density at radius 1 is 1.02 bits per heavy atom. The van der Waals surface area contributed by atoms with Crippen LogP contribution in [0.3, 0.4) is 0 Å². The number of amidine groups is 1. The number of nitrogens with two attached hydrogens (primary N) is 1. The predicted octanol–water partition coefficient (Wildman–Crippen LogP) is 3.06. The molecule has 3 rings (SSSR count). The minimum atomic E-state index is -1.71. The lowest BCUT2D eigenvalue weighted by molar-refractivity contribution is -0.162. The summed E-state index contributed by atoms with van der Waals surface area (Å²) in [5.74, 6) is -2.09. The average Bonchev–Trinajstić information content (AvgIpc) is 2.96. The first-order chi connectivity index (χ1) is 19.3. The minimum absolute atomic E-state index is 0.0756. The third-order valence-electron chi connectivity index (χ3n) is 6.83. The van der Waals surface area contributed by atoms with E-state index in [4.69, 9.17) is 20.6 Å². The van der Waals surface area contributed by atoms with Crippen molar-refractivity contribution in [3.05, 3.63) is 65.2 Å². The summed E-state index contributed by atoms with van der Waals surface area (Å²) in [7, 11) is 0. The van der Waals surface area contributed by atoms with Gasteiger partial charge in [-0.2, -0.15) is 0 Å². The molecule has 2 atom stereocenters. The lowest BCUT2D eigenvalue weighted by atomic mass is 9.97. The number of hydrogen-bond donors (Lipinski definition) is 5. The van der Waals surface area contributed by atoms with Crippen molar-refractivity contribution in [1.82, 2.24) is 10.6 Å². The van der Waals surface area contributed by atoms with Gasteiger partial charge in [0, 0.05) is 11.1 Å². The smallest absolute Gasteiger partial charge is 0.340 e. The molecule has 2 aromatic carbocycles. The first kappa shape index (κ1) is 30.8. The van der Waals surface area contributed by atoms with Gasteiger partial charge in [0.25, 0.3) is 5.91 Å². The SMILES string of the molecule is CCCCCCOc1ccc(C[C@H](NC(=O)c2ccc(C(=N)N)cc2)C(=O)C(OC2CCNCC2)C(=O)O)cc1. The summed E-state index contributed by atoms with van der Waals surface area (Å²) in [5, 5.41) is 23.3. The highest BCUT2D eigenvalue weighted by Crippen LogP contribution is 2.18. The van der Waals surface area contributed by atoms with Crippen LogP contribution in [0.2, 0.25) is 0 Å². The van der Waals surface area contributed by atoms with Crippen LogP contribution in [-0.2, 0) is 20.7 Å². The number of carboxylic acid groups (broad SMARTS) is 1. The number of amides is 1. The summed E-state index contributed by atoms with van der Waals surface area (Å²) in [5.41, 5.74) is 6.94. The molecule has 0 radical (unpaired) electrons. The van der Waals surface area contributed by atoms with Crippen LogP contribution >= 0.6 is 0 Å². The molecule has 6 N–H and O–H groups in total. The van der Waals surface area contributed by atoms with Gasteiger partial charge in [0.15, 0.2) is 5.78 Å². The Balaban J connectivity index is 1.75. The van der Waals surface area contributed by atoms with E-state index >= 15 is 0 Å². The summed E-state index contributed by atoms with van der Waals surface area (Å²) in [6, 6.07) is 12.1. The number of carboxylic acids is 1. The van der Waals surface area contributed by atoms with Crippen LogP contribution in [0.4, 0.5) is 0 Å². The molecule has 0 saturated carbocycles. The number of carbonyl (C=O) groups excluding carboxylic acids is 2. The summed E-state index contributed by atoms with van der Waals surface area (Å²) < 4.78 is 11.6. The van der Waals surface area contributed by atoms with Crippen molar-refractivity contribution in [3.63, 3.8) is 0 Å². The number of carbonyl (C=O) groups is 3. The van der Waals surface area contributed by atoms with Crippen molar-refractivity contribution in [2.45, 2.75) is 70.1 Å². The van der Waals surface area contributed by atoms with E-state index in [0.29, 0.717) is 43.9 Å². The molecule has 0 aliphatic carbocycles. The summed E-state index contributed by atoms with van der Waals surface area (Å²) in [6.45, 7) is 4.12. The number of hydrogen-bond acceptors (Lipinski definition) is 7. The van der Waals surface area contributed by atoms with Crippen LogP contribution in [0.1, 0.15) is 66.9 Å². The van der Waals surface area contributed by atoms with Crippen molar-refractivity contribution >= 4 is 23.5 Å². The Hall–Kier alpha value is -3.76. The van der Waals surface area contributed by atoms with E-state index in [-0.39, 0.29) is 23.9 Å². The Bertz CT molecular complexity index is 1130. The molecule has 10 nitrogen and oxygen atoms in total. The van der Waals surface area contributed by atoms with E-state index < -0.39 is 29.8 Å². The van der Waals surface area contributed by atoms with Crippen molar-refractivity contribution < 1.29 is 29.0 Å². The average molecular weight is 553 g/mol. The number of nitrogens with one attached hydrogen (secondary N) is 3. The van der Waals surface area contributed by atoms with Crippen molar-refractivity contribution in [2.24, 2.45) is 5.73 Å². The van der Waals surface area contributed by atoms with Gasteiger partial charge in [-0.15, -0.1) is 0 Å². The maximum absolute atomic E-state index is 13.6. The van der Waals surface area contributed by atoms with Crippen LogP contribution in [-0.4, -0.2) is 66.5 Å². The van der Waals surface area contributed by atoms with Crippen molar-refractivity contribution in [3.8, 4) is 5.75 Å². The molecule has 1 aliphatic rings. The van der Waals surface area contributed by atoms with Crippen LogP contribution in [0.15, 0.2) is 48.5 Å². The lowest BCUT2D eigenvalue weighted by Gasteiger charge is -2.28. The Morgan fingerprint density at radius 2 is 1.68 bits per heavy atom. The Labute approximate surface area is 235 Å². The molecule has 0 bridgehead atoms. The number of unbranched alkanes of at least 4 members (excludes halogenated alkanes) is 3. The number of benzene rings is 2. The van der Waals surface area contributed by atoms with Gasteiger partial charge in [0.1, 0.15) is 11.6 Å². The van der Waals surface area contributed by atoms with Crippen LogP contribution in [0.25, 0.3) is 0 Å². The highest BCUT2D eigenvalue weighted by Gasteiger charge is 2.36. The van der Waals surface area contributed by atoms with E-state index in [1.165, 1.54) is 30.7 Å². The second-order valence-electron chi connectivity index (χ2n) is 9.98. The zero-order valence-corrected chi connectivity index (χ0v) is 23.0. The molecule has 0 spiro atoms. The van der Waals surface area contributed by atoms with Gasteiger partial charge in [0.05, 0.1) is 18.8 Å². The number of aliphatic carboxylic acids is 1. The molecule has 1 unspecified atom stereocenters. The van der Waals surface area contributed by atoms with E-state index in [1.54, 1.807) is 24.3 Å². The van der Waals surface area contributed by atoms with E-state index in [9.17, 15) is 19.5 Å². The Kier molecular flexibility index (Phi) is 12.1. The molecule has 1 aliphatic heterocycles. The molecule has 40 heavy (non-hydrogen) atoms. The van der Waals surface area contributed by atoms with Crippen LogP contribution in [0.5, 0.6) is 5.75 Å². The van der Waals surface area contributed by atoms with Crippen LogP contribution < -0.4 is 21.1 Å². The number of rotatable bonds is 16. The second-order valence-corrected chi connectivity index (χ2v) is 9.98. The van der Waals surface area contributed by atoms with Gasteiger partial charge < -0.3 is 30.9 Å². The van der Waals surface area contributed by atoms with E-state index in [2.05, 4.69) is 17.6 Å². The molecule has 1 fully saturated rings. The fourth-order valence-electron chi connectivity index (χ4n) is 4.50. The summed E-state index contributed by atoms with van der Waals surface area (Å²) >= 11 is 0. The molecule has 0 aromatic heterocycles. The number of ketones is 1. The number of ether oxygens (including phenoxy) is 2. The largest absolute Gasteiger partial charge is 0.494 e. The standard InChI is InChI=1S/C30H40N4O6/c1-2-3-4-5-18-39-23-12-6-20(7-13-23)19-25(34-29(36)22-10-8-21(9-11-22)28(31)32)26(35)27(30(37)38)40-24-14-16-33-17-15-24/h6-13,24-25,27,33H,2-5,14-19H2,1H3,(H3,31,32)(H,34,36)(H,37,38)/t25-,27?/m0/s1. The van der Waals surface area contributed by atoms with Gasteiger partial charge in [-0.05, 0) is 68.6 Å².